The highest BCUT2D eigenvalue weighted by Crippen LogP contribution is 2.12. The van der Waals surface area contributed by atoms with E-state index in [1.54, 1.807) is 18.1 Å². The van der Waals surface area contributed by atoms with Crippen LogP contribution in [0.5, 0.6) is 0 Å². The Morgan fingerprint density at radius 3 is 2.75 bits per heavy atom. The molecule has 0 aliphatic rings. The predicted molar refractivity (Wildman–Crippen MR) is 35.1 cm³/mol. The van der Waals surface area contributed by atoms with Crippen LogP contribution in [-0.2, 0) is 0 Å². The zero-order chi connectivity index (χ0) is 5.98. The fourth-order valence-electron chi connectivity index (χ4n) is 0.552. The number of aromatic nitrogens is 2. The number of H-pyrrole nitrogens is 1. The monoisotopic (exact) mass is 128 g/mol. The van der Waals surface area contributed by atoms with E-state index in [4.69, 9.17) is 0 Å². The molecule has 3 heteroatoms. The molecule has 1 rings (SSSR count). The third-order valence-electron chi connectivity index (χ3n) is 0.977. The van der Waals surface area contributed by atoms with Gasteiger partial charge >= 0.3 is 0 Å². The summed E-state index contributed by atoms with van der Waals surface area (Å²) in [5, 5.41) is 1.09. The quantitative estimate of drug-likeness (QED) is 0.580. The molecule has 0 bridgehead atoms. The summed E-state index contributed by atoms with van der Waals surface area (Å²) in [6, 6.07) is 0. The van der Waals surface area contributed by atoms with E-state index in [0.29, 0.717) is 0 Å². The van der Waals surface area contributed by atoms with E-state index in [0.717, 1.165) is 10.7 Å². The summed E-state index contributed by atoms with van der Waals surface area (Å²) in [5.41, 5.74) is 1.15. The fraction of sp³-hybridized carbons (Fsp3) is 0.400. The number of thioether (sulfide) groups is 1. The molecule has 0 aromatic carbocycles. The lowest BCUT2D eigenvalue weighted by Crippen LogP contribution is -1.71. The summed E-state index contributed by atoms with van der Waals surface area (Å²) in [6.07, 6.45) is 3.73. The molecule has 0 saturated heterocycles. The van der Waals surface area contributed by atoms with E-state index >= 15 is 0 Å². The first-order valence-electron chi connectivity index (χ1n) is 2.38. The minimum absolute atomic E-state index is 1.09. The molecule has 1 aromatic rings. The van der Waals surface area contributed by atoms with Crippen LogP contribution in [0.3, 0.4) is 0 Å². The van der Waals surface area contributed by atoms with Crippen LogP contribution in [0.2, 0.25) is 0 Å². The van der Waals surface area contributed by atoms with Gasteiger partial charge in [-0.25, -0.2) is 4.98 Å². The van der Waals surface area contributed by atoms with Crippen molar-refractivity contribution in [1.82, 2.24) is 9.97 Å². The van der Waals surface area contributed by atoms with Crippen LogP contribution in [0.1, 0.15) is 5.69 Å². The molecule has 0 saturated carbocycles. The van der Waals surface area contributed by atoms with Gasteiger partial charge in [0.05, 0.1) is 6.33 Å². The van der Waals surface area contributed by atoms with E-state index in [1.807, 2.05) is 13.2 Å². The molecule has 0 aliphatic carbocycles. The number of nitrogens with zero attached hydrogens (tertiary/aromatic N) is 1. The highest BCUT2D eigenvalue weighted by Gasteiger charge is 1.94. The first-order chi connectivity index (χ1) is 3.84. The zero-order valence-electron chi connectivity index (χ0n) is 4.93. The summed E-state index contributed by atoms with van der Waals surface area (Å²) in [4.78, 5) is 7.03. The van der Waals surface area contributed by atoms with Gasteiger partial charge in [0.2, 0.25) is 0 Å². The Balaban J connectivity index is 2.92. The van der Waals surface area contributed by atoms with E-state index in [-0.39, 0.29) is 0 Å². The lowest BCUT2D eigenvalue weighted by Gasteiger charge is -1.85. The van der Waals surface area contributed by atoms with Crippen LogP contribution in [-0.4, -0.2) is 16.2 Å². The molecule has 44 valence electrons. The third-order valence-corrected chi connectivity index (χ3v) is 1.78. The molecule has 0 fully saturated rings. The lowest BCUT2D eigenvalue weighted by atomic mass is 10.6. The van der Waals surface area contributed by atoms with E-state index < -0.39 is 0 Å². The van der Waals surface area contributed by atoms with Gasteiger partial charge in [-0.2, -0.15) is 0 Å². The van der Waals surface area contributed by atoms with Crippen molar-refractivity contribution in [3.05, 3.63) is 12.0 Å². The molecule has 0 amide bonds. The smallest absolute Gasteiger partial charge is 0.116 e. The fourth-order valence-corrected chi connectivity index (χ4v) is 1.08. The summed E-state index contributed by atoms with van der Waals surface area (Å²) in [6.45, 7) is 2.01. The second kappa shape index (κ2) is 2.22. The van der Waals surface area contributed by atoms with Gasteiger partial charge in [-0.3, -0.25) is 0 Å². The van der Waals surface area contributed by atoms with Gasteiger partial charge in [-0.15, -0.1) is 11.8 Å². The van der Waals surface area contributed by atoms with E-state index in [1.165, 1.54) is 0 Å². The molecular weight excluding hydrogens is 120 g/mol. The number of nitrogens with one attached hydrogen (secondary N) is 1. The van der Waals surface area contributed by atoms with Gasteiger partial charge in [-0.05, 0) is 13.2 Å². The Morgan fingerprint density at radius 1 is 1.75 bits per heavy atom. The first kappa shape index (κ1) is 5.69. The molecule has 0 spiro atoms. The van der Waals surface area contributed by atoms with Crippen molar-refractivity contribution in [2.24, 2.45) is 0 Å². The minimum Gasteiger partial charge on any atom is -0.348 e. The van der Waals surface area contributed by atoms with Crippen LogP contribution in [0.15, 0.2) is 11.4 Å². The molecule has 1 heterocycles. The third kappa shape index (κ3) is 0.865. The summed E-state index contributed by atoms with van der Waals surface area (Å²) < 4.78 is 0. The standard InChI is InChI=1S/C5H8N2S/c1-4-5(8-2)7-3-6-4/h3H,1-2H3,(H,6,7). The zero-order valence-corrected chi connectivity index (χ0v) is 5.75. The number of hydrogen-bond donors (Lipinski definition) is 1. The van der Waals surface area contributed by atoms with Crippen LogP contribution in [0.4, 0.5) is 0 Å². The molecule has 1 aromatic heterocycles. The number of aromatic amines is 1. The van der Waals surface area contributed by atoms with Crippen molar-refractivity contribution >= 4 is 11.8 Å². The van der Waals surface area contributed by atoms with E-state index in [9.17, 15) is 0 Å². The second-order valence-electron chi connectivity index (χ2n) is 1.54. The highest BCUT2D eigenvalue weighted by molar-refractivity contribution is 7.98. The van der Waals surface area contributed by atoms with Gasteiger partial charge < -0.3 is 4.98 Å². The summed E-state index contributed by atoms with van der Waals surface area (Å²) >= 11 is 1.66. The van der Waals surface area contributed by atoms with Crippen molar-refractivity contribution in [2.45, 2.75) is 11.9 Å². The lowest BCUT2D eigenvalue weighted by molar-refractivity contribution is 1.15. The van der Waals surface area contributed by atoms with Gasteiger partial charge in [0.15, 0.2) is 0 Å². The number of aryl methyl sites for hydroxylation is 1. The minimum atomic E-state index is 1.09. The molecule has 8 heavy (non-hydrogen) atoms. The maximum atomic E-state index is 4.04. The molecule has 0 radical (unpaired) electrons. The van der Waals surface area contributed by atoms with Gasteiger partial charge in [0.25, 0.3) is 0 Å². The molecule has 2 nitrogen and oxygen atoms in total. The Labute approximate surface area is 52.7 Å². The summed E-state index contributed by atoms with van der Waals surface area (Å²) in [5.74, 6) is 0. The molecule has 1 N–H and O–H groups in total. The van der Waals surface area contributed by atoms with Gasteiger partial charge in [0.1, 0.15) is 5.03 Å². The van der Waals surface area contributed by atoms with E-state index in [2.05, 4.69) is 9.97 Å². The largest absolute Gasteiger partial charge is 0.348 e. The highest BCUT2D eigenvalue weighted by atomic mass is 32.2. The Morgan fingerprint density at radius 2 is 2.50 bits per heavy atom. The van der Waals surface area contributed by atoms with Crippen LogP contribution in [0.25, 0.3) is 0 Å². The summed E-state index contributed by atoms with van der Waals surface area (Å²) in [7, 11) is 0. The second-order valence-corrected chi connectivity index (χ2v) is 2.33. The number of imidazole rings is 1. The van der Waals surface area contributed by atoms with Crippen molar-refractivity contribution in [1.29, 1.82) is 0 Å². The van der Waals surface area contributed by atoms with Crippen molar-refractivity contribution in [2.75, 3.05) is 6.26 Å². The maximum Gasteiger partial charge on any atom is 0.116 e. The molecule has 0 aliphatic heterocycles. The number of hydrogen-bond acceptors (Lipinski definition) is 2. The molecule has 0 unspecified atom stereocenters. The molecule has 0 atom stereocenters. The van der Waals surface area contributed by atoms with Crippen LogP contribution < -0.4 is 0 Å². The van der Waals surface area contributed by atoms with Crippen molar-refractivity contribution in [3.63, 3.8) is 0 Å². The van der Waals surface area contributed by atoms with Crippen LogP contribution in [0, 0.1) is 6.92 Å². The first-order valence-corrected chi connectivity index (χ1v) is 3.61. The average Bonchev–Trinajstić information content (AvgIpc) is 2.14. The number of rotatable bonds is 1. The molecular formula is C5H8N2S. The topological polar surface area (TPSA) is 28.7 Å². The Hall–Kier alpha value is -0.440. The maximum absolute atomic E-state index is 4.04. The normalized spacial score (nSPS) is 9.75. The Bertz CT molecular complexity index is 171. The van der Waals surface area contributed by atoms with Crippen molar-refractivity contribution < 1.29 is 0 Å². The predicted octanol–water partition coefficient (Wildman–Crippen LogP) is 1.44. The van der Waals surface area contributed by atoms with Gasteiger partial charge in [0, 0.05) is 5.69 Å². The van der Waals surface area contributed by atoms with Crippen LogP contribution >= 0.6 is 11.8 Å². The average molecular weight is 128 g/mol. The van der Waals surface area contributed by atoms with Gasteiger partial charge in [-0.1, -0.05) is 0 Å². The van der Waals surface area contributed by atoms with Crippen molar-refractivity contribution in [3.8, 4) is 0 Å². The Kier molecular flexibility index (Phi) is 1.58. The SMILES string of the molecule is CSc1nc[nH]c1C.